The van der Waals surface area contributed by atoms with E-state index in [1.165, 1.54) is 0 Å². The molecule has 0 spiro atoms. The number of nitrogens with zero attached hydrogens (tertiary/aromatic N) is 2. The molecule has 1 aliphatic carbocycles. The van der Waals surface area contributed by atoms with Crippen LogP contribution in [-0.2, 0) is 9.59 Å². The van der Waals surface area contributed by atoms with E-state index >= 15 is 0 Å². The second-order valence-corrected chi connectivity index (χ2v) is 5.17. The Morgan fingerprint density at radius 1 is 1.29 bits per heavy atom. The number of amides is 2. The van der Waals surface area contributed by atoms with Crippen LogP contribution in [0, 0.1) is 0 Å². The summed E-state index contributed by atoms with van der Waals surface area (Å²) >= 11 is 0. The van der Waals surface area contributed by atoms with Gasteiger partial charge in [-0.05, 0) is 26.2 Å². The summed E-state index contributed by atoms with van der Waals surface area (Å²) in [6, 6.07) is 0.172. The average molecular weight is 239 g/mol. The SMILES string of the molecule is CC(=O)N(C1CC1)[C@H]1CCN(C(=O)[C@H](C)N)C1. The molecule has 2 aliphatic rings. The molecule has 0 unspecified atom stereocenters. The molecule has 0 aromatic carbocycles. The lowest BCUT2D eigenvalue weighted by Gasteiger charge is -2.28. The monoisotopic (exact) mass is 239 g/mol. The third-order valence-electron chi connectivity index (χ3n) is 3.56. The second kappa shape index (κ2) is 4.64. The number of nitrogens with two attached hydrogens (primary N) is 1. The number of hydrogen-bond acceptors (Lipinski definition) is 3. The zero-order chi connectivity index (χ0) is 12.6. The van der Waals surface area contributed by atoms with E-state index in [1.807, 2.05) is 4.90 Å². The van der Waals surface area contributed by atoms with Crippen molar-refractivity contribution in [1.29, 1.82) is 0 Å². The van der Waals surface area contributed by atoms with Gasteiger partial charge < -0.3 is 15.5 Å². The van der Waals surface area contributed by atoms with Crippen LogP contribution in [0.1, 0.15) is 33.1 Å². The standard InChI is InChI=1S/C12H21N3O2/c1-8(13)12(17)14-6-5-11(7-14)15(9(2)16)10-3-4-10/h8,10-11H,3-7,13H2,1-2H3/t8-,11-/m0/s1. The minimum Gasteiger partial charge on any atom is -0.339 e. The van der Waals surface area contributed by atoms with Crippen molar-refractivity contribution >= 4 is 11.8 Å². The maximum atomic E-state index is 11.8. The predicted molar refractivity (Wildman–Crippen MR) is 64.2 cm³/mol. The van der Waals surface area contributed by atoms with Crippen LogP contribution in [0.25, 0.3) is 0 Å². The van der Waals surface area contributed by atoms with Gasteiger partial charge >= 0.3 is 0 Å². The first-order chi connectivity index (χ1) is 8.00. The van der Waals surface area contributed by atoms with Crippen LogP contribution in [-0.4, -0.2) is 52.8 Å². The third kappa shape index (κ3) is 2.60. The highest BCUT2D eigenvalue weighted by molar-refractivity contribution is 5.81. The average Bonchev–Trinajstić information content (AvgIpc) is 2.94. The summed E-state index contributed by atoms with van der Waals surface area (Å²) in [5, 5.41) is 0. The van der Waals surface area contributed by atoms with Crippen LogP contribution < -0.4 is 5.73 Å². The quantitative estimate of drug-likeness (QED) is 0.750. The molecule has 1 heterocycles. The lowest BCUT2D eigenvalue weighted by Crippen LogP contribution is -2.45. The fourth-order valence-electron chi connectivity index (χ4n) is 2.62. The van der Waals surface area contributed by atoms with Crippen molar-refractivity contribution in [2.45, 2.75) is 51.2 Å². The van der Waals surface area contributed by atoms with Crippen LogP contribution in [0.5, 0.6) is 0 Å². The Labute approximate surface area is 102 Å². The highest BCUT2D eigenvalue weighted by Gasteiger charge is 2.39. The predicted octanol–water partition coefficient (Wildman–Crippen LogP) is -0.0546. The molecule has 2 atom stereocenters. The molecule has 2 fully saturated rings. The summed E-state index contributed by atoms with van der Waals surface area (Å²) in [5.74, 6) is 0.124. The number of likely N-dealkylation sites (tertiary alicyclic amines) is 1. The second-order valence-electron chi connectivity index (χ2n) is 5.17. The first-order valence-corrected chi connectivity index (χ1v) is 6.34. The summed E-state index contributed by atoms with van der Waals surface area (Å²) in [6.07, 6.45) is 3.10. The molecule has 0 aromatic rings. The van der Waals surface area contributed by atoms with Crippen molar-refractivity contribution in [2.75, 3.05) is 13.1 Å². The molecule has 5 nitrogen and oxygen atoms in total. The Balaban J connectivity index is 1.96. The molecule has 17 heavy (non-hydrogen) atoms. The van der Waals surface area contributed by atoms with E-state index < -0.39 is 6.04 Å². The van der Waals surface area contributed by atoms with E-state index in [2.05, 4.69) is 0 Å². The van der Waals surface area contributed by atoms with Crippen molar-refractivity contribution in [3.63, 3.8) is 0 Å². The minimum absolute atomic E-state index is 0.00759. The van der Waals surface area contributed by atoms with Crippen molar-refractivity contribution < 1.29 is 9.59 Å². The van der Waals surface area contributed by atoms with Crippen LogP contribution >= 0.6 is 0 Å². The van der Waals surface area contributed by atoms with Crippen molar-refractivity contribution in [3.05, 3.63) is 0 Å². The fraction of sp³-hybridized carbons (Fsp3) is 0.833. The molecule has 1 saturated heterocycles. The van der Waals surface area contributed by atoms with Crippen LogP contribution in [0.15, 0.2) is 0 Å². The lowest BCUT2D eigenvalue weighted by molar-refractivity contribution is -0.134. The summed E-state index contributed by atoms with van der Waals surface area (Å²) in [5.41, 5.74) is 5.60. The summed E-state index contributed by atoms with van der Waals surface area (Å²) < 4.78 is 0. The topological polar surface area (TPSA) is 66.6 Å². The smallest absolute Gasteiger partial charge is 0.239 e. The zero-order valence-corrected chi connectivity index (χ0v) is 10.6. The summed E-state index contributed by atoms with van der Waals surface area (Å²) in [4.78, 5) is 27.1. The van der Waals surface area contributed by atoms with Crippen molar-refractivity contribution in [2.24, 2.45) is 5.73 Å². The van der Waals surface area contributed by atoms with Crippen molar-refractivity contribution in [1.82, 2.24) is 9.80 Å². The van der Waals surface area contributed by atoms with E-state index in [0.29, 0.717) is 12.6 Å². The van der Waals surface area contributed by atoms with Crippen LogP contribution in [0.4, 0.5) is 0 Å². The van der Waals surface area contributed by atoms with Gasteiger partial charge in [0, 0.05) is 26.1 Å². The molecule has 0 bridgehead atoms. The molecule has 0 radical (unpaired) electrons. The maximum absolute atomic E-state index is 11.8. The van der Waals surface area contributed by atoms with Gasteiger partial charge in [-0.3, -0.25) is 9.59 Å². The zero-order valence-electron chi connectivity index (χ0n) is 10.6. The summed E-state index contributed by atoms with van der Waals surface area (Å²) in [7, 11) is 0. The Kier molecular flexibility index (Phi) is 3.38. The van der Waals surface area contributed by atoms with E-state index in [4.69, 9.17) is 5.73 Å². The van der Waals surface area contributed by atoms with Crippen molar-refractivity contribution in [3.8, 4) is 0 Å². The van der Waals surface area contributed by atoms with Gasteiger partial charge in [0.1, 0.15) is 0 Å². The highest BCUT2D eigenvalue weighted by Crippen LogP contribution is 2.31. The van der Waals surface area contributed by atoms with Gasteiger partial charge in [-0.2, -0.15) is 0 Å². The van der Waals surface area contributed by atoms with E-state index in [1.54, 1.807) is 18.7 Å². The molecule has 96 valence electrons. The summed E-state index contributed by atoms with van der Waals surface area (Å²) in [6.45, 7) is 4.70. The Bertz CT molecular complexity index is 326. The maximum Gasteiger partial charge on any atom is 0.239 e. The first-order valence-electron chi connectivity index (χ1n) is 6.34. The number of carbonyl (C=O) groups excluding carboxylic acids is 2. The lowest BCUT2D eigenvalue weighted by atomic mass is 10.2. The molecule has 2 amide bonds. The van der Waals surface area contributed by atoms with Gasteiger partial charge in [-0.1, -0.05) is 0 Å². The largest absolute Gasteiger partial charge is 0.339 e. The van der Waals surface area contributed by atoms with Gasteiger partial charge in [-0.15, -0.1) is 0 Å². The molecule has 5 heteroatoms. The molecular formula is C12H21N3O2. The normalized spacial score (nSPS) is 25.8. The minimum atomic E-state index is -0.444. The van der Waals surface area contributed by atoms with E-state index in [9.17, 15) is 9.59 Å². The Morgan fingerprint density at radius 3 is 2.41 bits per heavy atom. The van der Waals surface area contributed by atoms with Crippen LogP contribution in [0.2, 0.25) is 0 Å². The Hall–Kier alpha value is -1.10. The molecule has 0 aromatic heterocycles. The number of rotatable bonds is 3. The van der Waals surface area contributed by atoms with Gasteiger partial charge in [0.25, 0.3) is 0 Å². The van der Waals surface area contributed by atoms with E-state index in [0.717, 1.165) is 25.8 Å². The highest BCUT2D eigenvalue weighted by atomic mass is 16.2. The van der Waals surface area contributed by atoms with E-state index in [-0.39, 0.29) is 17.9 Å². The first kappa shape index (κ1) is 12.4. The Morgan fingerprint density at radius 2 is 1.94 bits per heavy atom. The molecule has 1 saturated carbocycles. The molecular weight excluding hydrogens is 218 g/mol. The molecule has 1 aliphatic heterocycles. The van der Waals surface area contributed by atoms with Gasteiger partial charge in [0.05, 0.1) is 12.1 Å². The molecule has 2 N–H and O–H groups in total. The number of carbonyl (C=O) groups is 2. The number of hydrogen-bond donors (Lipinski definition) is 1. The van der Waals surface area contributed by atoms with Crippen LogP contribution in [0.3, 0.4) is 0 Å². The molecule has 2 rings (SSSR count). The fourth-order valence-corrected chi connectivity index (χ4v) is 2.62. The third-order valence-corrected chi connectivity index (χ3v) is 3.56. The van der Waals surface area contributed by atoms with Gasteiger partial charge in [0.2, 0.25) is 11.8 Å². The van der Waals surface area contributed by atoms with Gasteiger partial charge in [-0.25, -0.2) is 0 Å². The van der Waals surface area contributed by atoms with Gasteiger partial charge in [0.15, 0.2) is 0 Å².